The van der Waals surface area contributed by atoms with Crippen LogP contribution in [0.2, 0.25) is 0 Å². The molecule has 1 aliphatic heterocycles. The van der Waals surface area contributed by atoms with E-state index in [0.717, 1.165) is 32.1 Å². The van der Waals surface area contributed by atoms with Crippen molar-refractivity contribution < 1.29 is 17.9 Å². The molecular formula is C20H27N3O4S. The van der Waals surface area contributed by atoms with Gasteiger partial charge in [0.1, 0.15) is 10.6 Å². The number of hydrogen-bond donors (Lipinski definition) is 0. The number of nitrogens with zero attached hydrogens (tertiary/aromatic N) is 3. The van der Waals surface area contributed by atoms with E-state index in [9.17, 15) is 8.42 Å². The van der Waals surface area contributed by atoms with E-state index >= 15 is 0 Å². The van der Waals surface area contributed by atoms with Crippen LogP contribution in [0.4, 0.5) is 0 Å². The first-order chi connectivity index (χ1) is 13.5. The molecule has 0 bridgehead atoms. The van der Waals surface area contributed by atoms with Gasteiger partial charge in [-0.05, 0) is 49.9 Å². The highest BCUT2D eigenvalue weighted by atomic mass is 32.2. The first-order valence-corrected chi connectivity index (χ1v) is 11.2. The number of ether oxygens (including phenoxy) is 2. The second-order valence-electron chi connectivity index (χ2n) is 7.71. The van der Waals surface area contributed by atoms with E-state index in [1.165, 1.54) is 7.11 Å². The Kier molecular flexibility index (Phi) is 5.20. The molecule has 2 aliphatic rings. The summed E-state index contributed by atoms with van der Waals surface area (Å²) in [6.07, 6.45) is 8.55. The topological polar surface area (TPSA) is 73.7 Å². The maximum Gasteiger partial charge on any atom is 0.246 e. The van der Waals surface area contributed by atoms with Gasteiger partial charge in [-0.25, -0.2) is 13.1 Å². The van der Waals surface area contributed by atoms with Crippen LogP contribution in [0.1, 0.15) is 32.1 Å². The number of methoxy groups -OCH3 is 2. The lowest BCUT2D eigenvalue weighted by molar-refractivity contribution is -0.0185. The van der Waals surface area contributed by atoms with Gasteiger partial charge in [0.15, 0.2) is 0 Å². The fourth-order valence-electron chi connectivity index (χ4n) is 4.83. The predicted molar refractivity (Wildman–Crippen MR) is 105 cm³/mol. The standard InChI is InChI=1S/C20H27N3O4S/c1-26-17-8-7-16(23-13-5-11-21-23)14-18(17)28(24,25)22-12-4-10-20(15-22)9-3-6-19(20)27-2/h5,7-8,11,13-14,19H,3-4,6,9-10,12,15H2,1-2H3/t19-,20-/m1/s1. The van der Waals surface area contributed by atoms with Gasteiger partial charge in [-0.3, -0.25) is 0 Å². The Bertz CT molecular complexity index is 929. The monoisotopic (exact) mass is 405 g/mol. The molecule has 8 heteroatoms. The molecule has 4 rings (SSSR count). The third-order valence-corrected chi connectivity index (χ3v) is 8.08. The van der Waals surface area contributed by atoms with Crippen LogP contribution in [0.25, 0.3) is 5.69 Å². The van der Waals surface area contributed by atoms with Crippen molar-refractivity contribution in [3.8, 4) is 11.4 Å². The van der Waals surface area contributed by atoms with Crippen LogP contribution in [0.5, 0.6) is 5.75 Å². The summed E-state index contributed by atoms with van der Waals surface area (Å²) < 4.78 is 41.6. The number of sulfonamides is 1. The van der Waals surface area contributed by atoms with E-state index in [1.807, 2.05) is 0 Å². The van der Waals surface area contributed by atoms with Gasteiger partial charge in [-0.15, -0.1) is 0 Å². The summed E-state index contributed by atoms with van der Waals surface area (Å²) >= 11 is 0. The maximum atomic E-state index is 13.6. The zero-order chi connectivity index (χ0) is 19.8. The van der Waals surface area contributed by atoms with Crippen LogP contribution in [0, 0.1) is 5.41 Å². The first-order valence-electron chi connectivity index (χ1n) is 9.71. The number of hydrogen-bond acceptors (Lipinski definition) is 5. The molecule has 1 spiro atoms. The lowest BCUT2D eigenvalue weighted by Gasteiger charge is -2.43. The fraction of sp³-hybridized carbons (Fsp3) is 0.550. The van der Waals surface area contributed by atoms with E-state index in [4.69, 9.17) is 9.47 Å². The molecule has 2 heterocycles. The van der Waals surface area contributed by atoms with Crippen molar-refractivity contribution in [2.24, 2.45) is 5.41 Å². The highest BCUT2D eigenvalue weighted by Gasteiger charge is 2.48. The molecule has 28 heavy (non-hydrogen) atoms. The molecule has 2 atom stereocenters. The Balaban J connectivity index is 1.70. The summed E-state index contributed by atoms with van der Waals surface area (Å²) in [4.78, 5) is 0.187. The summed E-state index contributed by atoms with van der Waals surface area (Å²) in [6, 6.07) is 6.94. The maximum absolute atomic E-state index is 13.6. The molecule has 0 N–H and O–H groups in total. The second kappa shape index (κ2) is 7.50. The Hall–Kier alpha value is -1.90. The highest BCUT2D eigenvalue weighted by Crippen LogP contribution is 2.47. The summed E-state index contributed by atoms with van der Waals surface area (Å²) in [5, 5.41) is 4.21. The van der Waals surface area contributed by atoms with Crippen molar-refractivity contribution in [3.05, 3.63) is 36.7 Å². The van der Waals surface area contributed by atoms with E-state index in [2.05, 4.69) is 5.10 Å². The molecule has 2 aromatic rings. The minimum Gasteiger partial charge on any atom is -0.495 e. The Labute approximate surface area is 166 Å². The third kappa shape index (κ3) is 3.23. The fourth-order valence-corrected chi connectivity index (χ4v) is 6.58. The van der Waals surface area contributed by atoms with Gasteiger partial charge in [0, 0.05) is 38.0 Å². The van der Waals surface area contributed by atoms with E-state index < -0.39 is 10.0 Å². The second-order valence-corrected chi connectivity index (χ2v) is 9.61. The molecule has 1 aliphatic carbocycles. The van der Waals surface area contributed by atoms with Crippen LogP contribution < -0.4 is 4.74 Å². The molecule has 7 nitrogen and oxygen atoms in total. The van der Waals surface area contributed by atoms with Gasteiger partial charge < -0.3 is 9.47 Å². The van der Waals surface area contributed by atoms with Crippen molar-refractivity contribution in [2.75, 3.05) is 27.3 Å². The minimum absolute atomic E-state index is 0.0765. The van der Waals surface area contributed by atoms with Crippen molar-refractivity contribution in [2.45, 2.75) is 43.1 Å². The average Bonchev–Trinajstić information content (AvgIpc) is 3.38. The van der Waals surface area contributed by atoms with Crippen LogP contribution in [0.15, 0.2) is 41.6 Å². The third-order valence-electron chi connectivity index (χ3n) is 6.22. The van der Waals surface area contributed by atoms with Gasteiger partial charge in [0.05, 0.1) is 18.9 Å². The lowest BCUT2D eigenvalue weighted by atomic mass is 9.77. The van der Waals surface area contributed by atoms with Gasteiger partial charge in [0.25, 0.3) is 0 Å². The normalized spacial score (nSPS) is 26.0. The SMILES string of the molecule is COc1ccc(-n2cccn2)cc1S(=O)(=O)N1CCC[C@]2(CCC[C@H]2OC)C1. The Morgan fingerprint density at radius 2 is 2.04 bits per heavy atom. The van der Waals surface area contributed by atoms with Crippen LogP contribution in [0.3, 0.4) is 0 Å². The largest absolute Gasteiger partial charge is 0.495 e. The summed E-state index contributed by atoms with van der Waals surface area (Å²) in [5.74, 6) is 0.352. The molecule has 0 unspecified atom stereocenters. The van der Waals surface area contributed by atoms with Gasteiger partial charge in [-0.2, -0.15) is 9.40 Å². The quantitative estimate of drug-likeness (QED) is 0.765. The molecule has 0 radical (unpaired) electrons. The number of aromatic nitrogens is 2. The van der Waals surface area contributed by atoms with Crippen LogP contribution >= 0.6 is 0 Å². The predicted octanol–water partition coefficient (Wildman–Crippen LogP) is 2.85. The molecule has 1 aromatic carbocycles. The molecule has 1 aromatic heterocycles. The molecule has 0 amide bonds. The van der Waals surface area contributed by atoms with Crippen molar-refractivity contribution in [3.63, 3.8) is 0 Å². The summed E-state index contributed by atoms with van der Waals surface area (Å²) in [7, 11) is -0.466. The van der Waals surface area contributed by atoms with Gasteiger partial charge in [0.2, 0.25) is 10.0 Å². The summed E-state index contributed by atoms with van der Waals surface area (Å²) in [6.45, 7) is 1.03. The minimum atomic E-state index is -3.70. The highest BCUT2D eigenvalue weighted by molar-refractivity contribution is 7.89. The molecule has 152 valence electrons. The molecule has 2 fully saturated rings. The smallest absolute Gasteiger partial charge is 0.246 e. The van der Waals surface area contributed by atoms with Crippen LogP contribution in [-0.2, 0) is 14.8 Å². The van der Waals surface area contributed by atoms with Gasteiger partial charge in [-0.1, -0.05) is 6.42 Å². The number of piperidine rings is 1. The molecule has 1 saturated carbocycles. The average molecular weight is 406 g/mol. The van der Waals surface area contributed by atoms with Crippen molar-refractivity contribution in [1.82, 2.24) is 14.1 Å². The molecule has 1 saturated heterocycles. The van der Waals surface area contributed by atoms with E-state index in [-0.39, 0.29) is 16.4 Å². The zero-order valence-electron chi connectivity index (χ0n) is 16.4. The van der Waals surface area contributed by atoms with Gasteiger partial charge >= 0.3 is 0 Å². The van der Waals surface area contributed by atoms with E-state index in [1.54, 1.807) is 52.8 Å². The van der Waals surface area contributed by atoms with Crippen LogP contribution in [-0.4, -0.2) is 55.9 Å². The number of rotatable bonds is 5. The Morgan fingerprint density at radius 1 is 1.21 bits per heavy atom. The van der Waals surface area contributed by atoms with Crippen molar-refractivity contribution in [1.29, 1.82) is 0 Å². The first kappa shape index (κ1) is 19.4. The van der Waals surface area contributed by atoms with E-state index in [0.29, 0.717) is 24.5 Å². The molecular weight excluding hydrogens is 378 g/mol. The number of benzene rings is 1. The summed E-state index contributed by atoms with van der Waals surface area (Å²) in [5.41, 5.74) is 0.610. The lowest BCUT2D eigenvalue weighted by Crippen LogP contribution is -2.49. The zero-order valence-corrected chi connectivity index (χ0v) is 17.2. The van der Waals surface area contributed by atoms with Crippen molar-refractivity contribution >= 4 is 10.0 Å². The Morgan fingerprint density at radius 3 is 2.75 bits per heavy atom.